The molecule has 2 unspecified atom stereocenters. The van der Waals surface area contributed by atoms with Gasteiger partial charge in [0.2, 0.25) is 17.7 Å². The van der Waals surface area contributed by atoms with Gasteiger partial charge in [0.15, 0.2) is 0 Å². The summed E-state index contributed by atoms with van der Waals surface area (Å²) in [5.74, 6) is -0.137. The van der Waals surface area contributed by atoms with Crippen molar-refractivity contribution in [3.05, 3.63) is 24.4 Å². The number of hydrogen-bond donors (Lipinski definition) is 2. The minimum atomic E-state index is -0.626. The van der Waals surface area contributed by atoms with Gasteiger partial charge in [-0.05, 0) is 71.5 Å². The van der Waals surface area contributed by atoms with Crippen LogP contribution in [-0.4, -0.2) is 104 Å². The third kappa shape index (κ3) is 18.4. The molecule has 45 heavy (non-hydrogen) atoms. The first kappa shape index (κ1) is 44.7. The fourth-order valence-electron chi connectivity index (χ4n) is 4.96. The molecule has 0 spiro atoms. The maximum Gasteiger partial charge on any atom is 0.249 e. The molecule has 0 saturated carbocycles. The summed E-state index contributed by atoms with van der Waals surface area (Å²) in [5.41, 5.74) is 0.236. The van der Waals surface area contributed by atoms with Gasteiger partial charge < -0.3 is 25.2 Å². The molecule has 0 aliphatic carbocycles. The molecule has 9 heteroatoms. The first-order valence-corrected chi connectivity index (χ1v) is 17.5. The summed E-state index contributed by atoms with van der Waals surface area (Å²) in [6, 6.07) is -0.523. The zero-order chi connectivity index (χ0) is 35.0. The molecule has 0 bridgehead atoms. The first-order chi connectivity index (χ1) is 21.3. The largest absolute Gasteiger partial charge is 0.389 e. The van der Waals surface area contributed by atoms with Gasteiger partial charge in [0.1, 0.15) is 6.04 Å². The van der Waals surface area contributed by atoms with Crippen molar-refractivity contribution in [2.24, 2.45) is 5.41 Å². The molecule has 2 N–H and O–H groups in total. The third-order valence-corrected chi connectivity index (χ3v) is 7.43. The van der Waals surface area contributed by atoms with Crippen molar-refractivity contribution >= 4 is 17.7 Å². The van der Waals surface area contributed by atoms with Crippen LogP contribution in [0.5, 0.6) is 0 Å². The van der Waals surface area contributed by atoms with Crippen LogP contribution in [0.1, 0.15) is 115 Å². The summed E-state index contributed by atoms with van der Waals surface area (Å²) in [5, 5.41) is 6.00. The van der Waals surface area contributed by atoms with E-state index in [9.17, 15) is 14.4 Å². The van der Waals surface area contributed by atoms with E-state index in [1.807, 2.05) is 59.4 Å². The maximum atomic E-state index is 13.3. The Kier molecular flexibility index (Phi) is 25.6. The Bertz CT molecular complexity index is 847. The second-order valence-corrected chi connectivity index (χ2v) is 12.8. The van der Waals surface area contributed by atoms with Crippen LogP contribution in [0, 0.1) is 5.41 Å². The van der Waals surface area contributed by atoms with Crippen molar-refractivity contribution in [1.82, 2.24) is 25.3 Å². The normalized spacial score (nSPS) is 17.4. The van der Waals surface area contributed by atoms with Gasteiger partial charge in [0, 0.05) is 51.4 Å². The Morgan fingerprint density at radius 1 is 1.02 bits per heavy atom. The Labute approximate surface area is 277 Å². The number of hydrogen-bond acceptors (Lipinski definition) is 6. The molecule has 2 saturated heterocycles. The second kappa shape index (κ2) is 25.8. The predicted molar refractivity (Wildman–Crippen MR) is 190 cm³/mol. The molecule has 2 rings (SSSR count). The Morgan fingerprint density at radius 2 is 1.58 bits per heavy atom. The number of ether oxygens (including phenoxy) is 1. The standard InChI is InChI=1S/C25H44N4O3.C6H13NO.C3H8.C2H6/c1-18(2)29-16-9-8-12-20(29)22(30)26-21(25(4,5)6)24(32)27(7)17-13-19(3)23(31)28-14-10-11-15-28;1-3-7-5-6-8-4-2;1-3-2;1-2/h13,18,20-21H,8-12,14-17H2,1-7H3,(H,26,30);3,7H,1,4-6H2,2H3;3H2,1-2H3;1-2H3/b19-13+;;;. The molecular formula is C36H71N5O4. The van der Waals surface area contributed by atoms with Crippen LogP contribution in [0.4, 0.5) is 0 Å². The number of carbonyl (C=O) groups is 3. The second-order valence-electron chi connectivity index (χ2n) is 12.8. The van der Waals surface area contributed by atoms with Crippen molar-refractivity contribution in [1.29, 1.82) is 0 Å². The van der Waals surface area contributed by atoms with E-state index in [1.54, 1.807) is 18.1 Å². The van der Waals surface area contributed by atoms with E-state index in [2.05, 4.69) is 49.8 Å². The average molecular weight is 638 g/mol. The lowest BCUT2D eigenvalue weighted by Gasteiger charge is -2.40. The highest BCUT2D eigenvalue weighted by Crippen LogP contribution is 2.24. The van der Waals surface area contributed by atoms with Crippen LogP contribution in [0.25, 0.3) is 0 Å². The molecule has 0 aromatic heterocycles. The van der Waals surface area contributed by atoms with Crippen molar-refractivity contribution < 1.29 is 19.1 Å². The fourth-order valence-corrected chi connectivity index (χ4v) is 4.96. The highest BCUT2D eigenvalue weighted by atomic mass is 16.5. The van der Waals surface area contributed by atoms with Crippen molar-refractivity contribution in [3.63, 3.8) is 0 Å². The lowest BCUT2D eigenvalue weighted by Crippen LogP contribution is -2.59. The van der Waals surface area contributed by atoms with E-state index in [0.717, 1.165) is 71.5 Å². The highest BCUT2D eigenvalue weighted by Gasteiger charge is 2.38. The number of amides is 3. The number of nitrogens with zero attached hydrogens (tertiary/aromatic N) is 3. The molecule has 264 valence electrons. The SMILES string of the molecule is C/C(=C\CN(C)C(=O)C(NC(=O)C1CCCCN1C(C)C)C(C)(C)C)C(=O)N1CCCC1.C=CNCCOCC.CC.CCC. The van der Waals surface area contributed by atoms with E-state index in [-0.39, 0.29) is 23.8 Å². The fraction of sp³-hybridized carbons (Fsp3) is 0.806. The van der Waals surface area contributed by atoms with Gasteiger partial charge in [0.05, 0.1) is 12.6 Å². The monoisotopic (exact) mass is 638 g/mol. The third-order valence-electron chi connectivity index (χ3n) is 7.43. The zero-order valence-electron chi connectivity index (χ0n) is 31.3. The number of nitrogens with one attached hydrogen (secondary N) is 2. The minimum Gasteiger partial charge on any atom is -0.389 e. The van der Waals surface area contributed by atoms with Crippen LogP contribution >= 0.6 is 0 Å². The molecule has 3 amide bonds. The Hall–Kier alpha value is -2.39. The summed E-state index contributed by atoms with van der Waals surface area (Å²) < 4.78 is 5.03. The lowest BCUT2D eigenvalue weighted by molar-refractivity contribution is -0.140. The summed E-state index contributed by atoms with van der Waals surface area (Å²) in [6.07, 6.45) is 9.81. The van der Waals surface area contributed by atoms with E-state index < -0.39 is 11.5 Å². The van der Waals surface area contributed by atoms with Gasteiger partial charge in [-0.15, -0.1) is 0 Å². The summed E-state index contributed by atoms with van der Waals surface area (Å²) >= 11 is 0. The van der Waals surface area contributed by atoms with Crippen LogP contribution in [0.15, 0.2) is 24.4 Å². The minimum absolute atomic E-state index is 0.0510. The molecule has 2 heterocycles. The summed E-state index contributed by atoms with van der Waals surface area (Å²) in [4.78, 5) is 44.8. The van der Waals surface area contributed by atoms with Crippen LogP contribution in [0.2, 0.25) is 0 Å². The van der Waals surface area contributed by atoms with Gasteiger partial charge in [-0.1, -0.05) is 74.0 Å². The maximum absolute atomic E-state index is 13.3. The number of rotatable bonds is 12. The van der Waals surface area contributed by atoms with Crippen molar-refractivity contribution in [2.45, 2.75) is 133 Å². The molecule has 0 aromatic rings. The van der Waals surface area contributed by atoms with Gasteiger partial charge in [-0.2, -0.15) is 0 Å². The number of likely N-dealkylation sites (N-methyl/N-ethyl adjacent to an activating group) is 1. The van der Waals surface area contributed by atoms with Crippen LogP contribution < -0.4 is 10.6 Å². The quantitative estimate of drug-likeness (QED) is 0.201. The van der Waals surface area contributed by atoms with E-state index in [1.165, 1.54) is 6.42 Å². The van der Waals surface area contributed by atoms with E-state index >= 15 is 0 Å². The van der Waals surface area contributed by atoms with Crippen molar-refractivity contribution in [3.8, 4) is 0 Å². The smallest absolute Gasteiger partial charge is 0.249 e. The summed E-state index contributed by atoms with van der Waals surface area (Å²) in [7, 11) is 1.73. The topological polar surface area (TPSA) is 94.2 Å². The van der Waals surface area contributed by atoms with Gasteiger partial charge in [0.25, 0.3) is 0 Å². The van der Waals surface area contributed by atoms with E-state index in [0.29, 0.717) is 18.2 Å². The first-order valence-electron chi connectivity index (χ1n) is 17.5. The van der Waals surface area contributed by atoms with Crippen LogP contribution in [-0.2, 0) is 19.1 Å². The molecule has 2 aliphatic rings. The van der Waals surface area contributed by atoms with Gasteiger partial charge in [-0.25, -0.2) is 0 Å². The molecule has 2 aliphatic heterocycles. The molecule has 2 fully saturated rings. The summed E-state index contributed by atoms with van der Waals surface area (Å²) in [6.45, 7) is 31.0. The number of carbonyl (C=O) groups excluding carboxylic acids is 3. The molecule has 0 aromatic carbocycles. The van der Waals surface area contributed by atoms with Crippen molar-refractivity contribution in [2.75, 3.05) is 53.0 Å². The molecule has 2 atom stereocenters. The Balaban J connectivity index is 0. The zero-order valence-corrected chi connectivity index (χ0v) is 31.3. The van der Waals surface area contributed by atoms with Gasteiger partial charge in [-0.3, -0.25) is 19.3 Å². The number of likely N-dealkylation sites (tertiary alicyclic amines) is 2. The Morgan fingerprint density at radius 3 is 2.07 bits per heavy atom. The molecule has 9 nitrogen and oxygen atoms in total. The molecular weight excluding hydrogens is 566 g/mol. The highest BCUT2D eigenvalue weighted by molar-refractivity contribution is 5.93. The van der Waals surface area contributed by atoms with Gasteiger partial charge >= 0.3 is 0 Å². The lowest BCUT2D eigenvalue weighted by atomic mass is 9.85. The molecule has 0 radical (unpaired) electrons. The van der Waals surface area contributed by atoms with E-state index in [4.69, 9.17) is 4.74 Å². The average Bonchev–Trinajstić information content (AvgIpc) is 3.56. The predicted octanol–water partition coefficient (Wildman–Crippen LogP) is 6.01. The van der Waals surface area contributed by atoms with Crippen LogP contribution in [0.3, 0.4) is 0 Å². The number of piperidine rings is 1.